The van der Waals surface area contributed by atoms with Gasteiger partial charge in [0.1, 0.15) is 0 Å². The summed E-state index contributed by atoms with van der Waals surface area (Å²) in [6.07, 6.45) is 1.20. The predicted molar refractivity (Wildman–Crippen MR) is 100 cm³/mol. The van der Waals surface area contributed by atoms with Gasteiger partial charge in [0.15, 0.2) is 0 Å². The van der Waals surface area contributed by atoms with E-state index in [2.05, 4.69) is 77.5 Å². The van der Waals surface area contributed by atoms with E-state index in [9.17, 15) is 0 Å². The summed E-state index contributed by atoms with van der Waals surface area (Å²) in [5, 5.41) is 0. The van der Waals surface area contributed by atoms with Crippen LogP contribution in [0.15, 0.2) is 35.4 Å². The topological polar surface area (TPSA) is 12.0 Å². The van der Waals surface area contributed by atoms with Crippen LogP contribution in [0.1, 0.15) is 65.0 Å². The van der Waals surface area contributed by atoms with Crippen molar-refractivity contribution in [1.29, 1.82) is 0 Å². The van der Waals surface area contributed by atoms with E-state index in [-0.39, 0.29) is 4.75 Å². The van der Waals surface area contributed by atoms with E-state index in [1.807, 2.05) is 11.9 Å². The number of allylic oxidation sites excluding steroid dienone is 1. The highest BCUT2D eigenvalue weighted by atomic mass is 32.2. The second-order valence-electron chi connectivity index (χ2n) is 7.93. The van der Waals surface area contributed by atoms with Crippen molar-refractivity contribution >= 4 is 11.9 Å². The second-order valence-corrected chi connectivity index (χ2v) is 9.59. The van der Waals surface area contributed by atoms with Gasteiger partial charge in [-0.05, 0) is 52.5 Å². The minimum Gasteiger partial charge on any atom is -0.256 e. The minimum absolute atomic E-state index is 0.252. The molecule has 2 rings (SSSR count). The molecule has 0 fully saturated rings. The number of rotatable bonds is 5. The molecule has 122 valence electrons. The summed E-state index contributed by atoms with van der Waals surface area (Å²) in [5.74, 6) is 1.25. The first-order chi connectivity index (χ1) is 10.2. The maximum Gasteiger partial charge on any atom is 0.0407 e. The van der Waals surface area contributed by atoms with Crippen LogP contribution in [-0.4, -0.2) is 10.8 Å². The molecule has 1 aliphatic carbocycles. The van der Waals surface area contributed by atoms with Gasteiger partial charge < -0.3 is 0 Å². The molecule has 0 heterocycles. The summed E-state index contributed by atoms with van der Waals surface area (Å²) < 4.78 is 3.98. The molecule has 0 spiro atoms. The fourth-order valence-electron chi connectivity index (χ4n) is 3.02. The smallest absolute Gasteiger partial charge is 0.0407 e. The van der Waals surface area contributed by atoms with E-state index in [1.54, 1.807) is 11.1 Å². The molecule has 1 N–H and O–H groups in total. The van der Waals surface area contributed by atoms with Gasteiger partial charge in [-0.15, -0.1) is 0 Å². The van der Waals surface area contributed by atoms with Gasteiger partial charge >= 0.3 is 0 Å². The molecule has 1 aliphatic rings. The van der Waals surface area contributed by atoms with Crippen LogP contribution in [0.25, 0.3) is 0 Å². The maximum atomic E-state index is 3.73. The Balaban J connectivity index is 2.11. The summed E-state index contributed by atoms with van der Waals surface area (Å²) >= 11 is 1.86. The lowest BCUT2D eigenvalue weighted by molar-refractivity contribution is 0.466. The van der Waals surface area contributed by atoms with Crippen LogP contribution in [0, 0.1) is 12.8 Å². The quantitative estimate of drug-likeness (QED) is 0.539. The molecule has 2 atom stereocenters. The normalized spacial score (nSPS) is 20.3. The van der Waals surface area contributed by atoms with Crippen LogP contribution in [0.5, 0.6) is 0 Å². The van der Waals surface area contributed by atoms with Crippen LogP contribution in [-0.2, 0) is 0 Å². The van der Waals surface area contributed by atoms with Crippen LogP contribution in [0.4, 0.5) is 0 Å². The summed E-state index contributed by atoms with van der Waals surface area (Å²) in [7, 11) is 0. The lowest BCUT2D eigenvalue weighted by Crippen LogP contribution is -2.38. The first-order valence-corrected chi connectivity index (χ1v) is 9.20. The monoisotopic (exact) mass is 317 g/mol. The number of aryl methyl sites for hydroxylation is 1. The van der Waals surface area contributed by atoms with E-state index in [4.69, 9.17) is 0 Å². The van der Waals surface area contributed by atoms with Crippen LogP contribution >= 0.6 is 11.9 Å². The third-order valence-electron chi connectivity index (χ3n) is 4.47. The van der Waals surface area contributed by atoms with Gasteiger partial charge in [-0.2, -0.15) is 0 Å². The third-order valence-corrected chi connectivity index (χ3v) is 5.45. The molecule has 0 radical (unpaired) electrons. The van der Waals surface area contributed by atoms with Crippen molar-refractivity contribution in [3.05, 3.63) is 46.5 Å². The van der Waals surface area contributed by atoms with Gasteiger partial charge in [0.25, 0.3) is 0 Å². The number of benzene rings is 1. The molecule has 0 saturated carbocycles. The fourth-order valence-corrected chi connectivity index (χ4v) is 3.91. The molecule has 0 aromatic heterocycles. The Hall–Kier alpha value is -0.730. The first-order valence-electron chi connectivity index (χ1n) is 8.38. The van der Waals surface area contributed by atoms with Crippen molar-refractivity contribution in [3.8, 4) is 0 Å². The Morgan fingerprint density at radius 3 is 2.14 bits per heavy atom. The number of nitrogens with one attached hydrogen (secondary N) is 1. The summed E-state index contributed by atoms with van der Waals surface area (Å²) in [5.41, 5.74) is 6.01. The van der Waals surface area contributed by atoms with E-state index in [1.165, 1.54) is 17.5 Å². The first kappa shape index (κ1) is 17.6. The molecule has 1 aromatic carbocycles. The SMILES string of the molecule is CC1=C(C(NSC(C)(C)C)C(C)C)CC1c1ccc(C)cc1. The molecule has 2 unspecified atom stereocenters. The van der Waals surface area contributed by atoms with Gasteiger partial charge in [-0.1, -0.05) is 66.8 Å². The Kier molecular flexibility index (Phi) is 5.45. The number of hydrogen-bond donors (Lipinski definition) is 1. The van der Waals surface area contributed by atoms with Crippen molar-refractivity contribution in [3.63, 3.8) is 0 Å². The number of hydrogen-bond acceptors (Lipinski definition) is 2. The molecule has 0 bridgehead atoms. The van der Waals surface area contributed by atoms with Crippen molar-refractivity contribution in [2.45, 2.75) is 71.6 Å². The highest BCUT2D eigenvalue weighted by Gasteiger charge is 2.34. The van der Waals surface area contributed by atoms with Gasteiger partial charge in [0, 0.05) is 16.7 Å². The molecule has 0 saturated heterocycles. The Morgan fingerprint density at radius 2 is 1.68 bits per heavy atom. The van der Waals surface area contributed by atoms with Crippen LogP contribution in [0.2, 0.25) is 0 Å². The molecular formula is C20H31NS. The highest BCUT2D eigenvalue weighted by Crippen LogP contribution is 2.45. The second kappa shape index (κ2) is 6.80. The standard InChI is InChI=1S/C20H31NS/c1-13(2)19(21-22-20(5,6)7)18-12-17(15(18)4)16-10-8-14(3)9-11-16/h8-11,13,17,19,21H,12H2,1-7H3. The van der Waals surface area contributed by atoms with Gasteiger partial charge in [0.2, 0.25) is 0 Å². The highest BCUT2D eigenvalue weighted by molar-refractivity contribution is 7.98. The zero-order valence-electron chi connectivity index (χ0n) is 15.2. The fraction of sp³-hybridized carbons (Fsp3) is 0.600. The molecule has 0 aliphatic heterocycles. The van der Waals surface area contributed by atoms with Gasteiger partial charge in [0.05, 0.1) is 0 Å². The van der Waals surface area contributed by atoms with Crippen molar-refractivity contribution in [1.82, 2.24) is 4.72 Å². The molecule has 22 heavy (non-hydrogen) atoms. The van der Waals surface area contributed by atoms with E-state index in [0.29, 0.717) is 17.9 Å². The molecule has 0 amide bonds. The molecule has 2 heteroatoms. The lowest BCUT2D eigenvalue weighted by Gasteiger charge is -2.39. The molecular weight excluding hydrogens is 286 g/mol. The lowest BCUT2D eigenvalue weighted by atomic mass is 9.70. The van der Waals surface area contributed by atoms with Crippen LogP contribution in [0.3, 0.4) is 0 Å². The minimum atomic E-state index is 0.252. The van der Waals surface area contributed by atoms with E-state index in [0.717, 1.165) is 0 Å². The summed E-state index contributed by atoms with van der Waals surface area (Å²) in [6, 6.07) is 9.54. The molecule has 1 aromatic rings. The Bertz CT molecular complexity index is 534. The summed E-state index contributed by atoms with van der Waals surface area (Å²) in [6.45, 7) is 15.9. The van der Waals surface area contributed by atoms with Gasteiger partial charge in [-0.3, -0.25) is 4.72 Å². The molecule has 1 nitrogen and oxygen atoms in total. The van der Waals surface area contributed by atoms with Crippen molar-refractivity contribution in [2.75, 3.05) is 0 Å². The van der Waals surface area contributed by atoms with E-state index >= 15 is 0 Å². The predicted octanol–water partition coefficient (Wildman–Crippen LogP) is 5.86. The Labute approximate surface area is 141 Å². The zero-order valence-corrected chi connectivity index (χ0v) is 16.0. The van der Waals surface area contributed by atoms with Crippen LogP contribution < -0.4 is 4.72 Å². The third kappa shape index (κ3) is 4.17. The van der Waals surface area contributed by atoms with E-state index < -0.39 is 0 Å². The largest absolute Gasteiger partial charge is 0.256 e. The summed E-state index contributed by atoms with van der Waals surface area (Å²) in [4.78, 5) is 0. The van der Waals surface area contributed by atoms with Crippen molar-refractivity contribution in [2.24, 2.45) is 5.92 Å². The zero-order chi connectivity index (χ0) is 16.5. The maximum absolute atomic E-state index is 3.73. The average molecular weight is 318 g/mol. The van der Waals surface area contributed by atoms with Crippen molar-refractivity contribution < 1.29 is 0 Å². The Morgan fingerprint density at radius 1 is 1.09 bits per heavy atom. The average Bonchev–Trinajstić information content (AvgIpc) is 2.41. The van der Waals surface area contributed by atoms with Gasteiger partial charge in [-0.25, -0.2) is 0 Å².